The van der Waals surface area contributed by atoms with E-state index >= 15 is 0 Å². The van der Waals surface area contributed by atoms with Gasteiger partial charge < -0.3 is 19.9 Å². The molecule has 2 aromatic rings. The summed E-state index contributed by atoms with van der Waals surface area (Å²) in [5.74, 6) is 0.532. The Morgan fingerprint density at radius 3 is 3.00 bits per heavy atom. The van der Waals surface area contributed by atoms with E-state index in [1.807, 2.05) is 12.1 Å². The van der Waals surface area contributed by atoms with E-state index in [0.717, 1.165) is 42.6 Å². The number of hydrogen-bond acceptors (Lipinski definition) is 7. The molecule has 1 aromatic carbocycles. The highest BCUT2D eigenvalue weighted by atomic mass is 32.2. The Hall–Kier alpha value is -2.83. The molecule has 1 spiro atoms. The number of anilines is 1. The van der Waals surface area contributed by atoms with Gasteiger partial charge in [-0.25, -0.2) is 0 Å². The number of aromatic nitrogens is 1. The first kappa shape index (κ1) is 21.0. The number of nitrogens with one attached hydrogen (secondary N) is 1. The minimum Gasteiger partial charge on any atom is -0.377 e. The molecule has 166 valence electrons. The highest BCUT2D eigenvalue weighted by molar-refractivity contribution is 7.99. The Morgan fingerprint density at radius 2 is 2.22 bits per heavy atom. The molecule has 9 heteroatoms. The number of morpholine rings is 1. The van der Waals surface area contributed by atoms with E-state index in [0.29, 0.717) is 23.8 Å². The van der Waals surface area contributed by atoms with Gasteiger partial charge in [-0.2, -0.15) is 5.26 Å². The van der Waals surface area contributed by atoms with Crippen LogP contribution in [0.2, 0.25) is 0 Å². The molecule has 3 aliphatic rings. The van der Waals surface area contributed by atoms with Crippen molar-refractivity contribution in [1.29, 1.82) is 5.26 Å². The van der Waals surface area contributed by atoms with Crippen LogP contribution in [-0.4, -0.2) is 71.2 Å². The fourth-order valence-electron chi connectivity index (χ4n) is 4.78. The molecular formula is C23H25N5O3S. The summed E-state index contributed by atoms with van der Waals surface area (Å²) in [6.07, 6.45) is 5.06. The molecular weight excluding hydrogens is 426 g/mol. The molecule has 3 heterocycles. The van der Waals surface area contributed by atoms with Gasteiger partial charge in [0, 0.05) is 29.6 Å². The van der Waals surface area contributed by atoms with Crippen molar-refractivity contribution < 1.29 is 14.3 Å². The van der Waals surface area contributed by atoms with Crippen molar-refractivity contribution in [2.24, 2.45) is 0 Å². The second-order valence-corrected chi connectivity index (χ2v) is 9.53. The van der Waals surface area contributed by atoms with E-state index in [2.05, 4.69) is 27.3 Å². The second-order valence-electron chi connectivity index (χ2n) is 8.53. The number of nitriles is 1. The fraction of sp³-hybridized carbons (Fsp3) is 0.478. The molecule has 0 bridgehead atoms. The first-order valence-corrected chi connectivity index (χ1v) is 12.1. The summed E-state index contributed by atoms with van der Waals surface area (Å²) < 4.78 is 5.76. The van der Waals surface area contributed by atoms with Gasteiger partial charge in [-0.1, -0.05) is 0 Å². The SMILES string of the molecule is N#CC1CSCN1C(=O)CNC(=O)c1ccnc2ccc(N3CCOCC34CCC4)cc12. The van der Waals surface area contributed by atoms with Gasteiger partial charge in [-0.05, 0) is 43.5 Å². The molecule has 1 atom stereocenters. The number of pyridine rings is 1. The minimum absolute atomic E-state index is 0.0635. The first-order chi connectivity index (χ1) is 15.6. The lowest BCUT2D eigenvalue weighted by atomic mass is 9.75. The van der Waals surface area contributed by atoms with Crippen molar-refractivity contribution >= 4 is 40.2 Å². The summed E-state index contributed by atoms with van der Waals surface area (Å²) in [7, 11) is 0. The molecule has 32 heavy (non-hydrogen) atoms. The van der Waals surface area contributed by atoms with Crippen LogP contribution in [0.4, 0.5) is 5.69 Å². The average Bonchev–Trinajstić information content (AvgIpc) is 3.29. The van der Waals surface area contributed by atoms with Gasteiger partial charge in [-0.3, -0.25) is 14.6 Å². The van der Waals surface area contributed by atoms with Crippen molar-refractivity contribution in [2.75, 3.05) is 42.8 Å². The molecule has 2 saturated heterocycles. The van der Waals surface area contributed by atoms with Crippen LogP contribution in [0, 0.1) is 11.3 Å². The Morgan fingerprint density at radius 1 is 1.34 bits per heavy atom. The number of carbonyl (C=O) groups is 2. The van der Waals surface area contributed by atoms with Crippen LogP contribution < -0.4 is 10.2 Å². The molecule has 1 aromatic heterocycles. The maximum atomic E-state index is 13.0. The van der Waals surface area contributed by atoms with Crippen LogP contribution >= 0.6 is 11.8 Å². The van der Waals surface area contributed by atoms with Crippen molar-refractivity contribution in [3.8, 4) is 6.07 Å². The number of hydrogen-bond donors (Lipinski definition) is 1. The summed E-state index contributed by atoms with van der Waals surface area (Å²) in [5.41, 5.74) is 2.37. The smallest absolute Gasteiger partial charge is 0.252 e. The predicted molar refractivity (Wildman–Crippen MR) is 122 cm³/mol. The molecule has 1 N–H and O–H groups in total. The zero-order valence-electron chi connectivity index (χ0n) is 17.7. The number of nitrogens with zero attached hydrogens (tertiary/aromatic N) is 4. The van der Waals surface area contributed by atoms with E-state index in [1.54, 1.807) is 24.0 Å². The molecule has 2 aliphatic heterocycles. The van der Waals surface area contributed by atoms with Gasteiger partial charge in [0.15, 0.2) is 0 Å². The van der Waals surface area contributed by atoms with Crippen molar-refractivity contribution in [1.82, 2.24) is 15.2 Å². The topological polar surface area (TPSA) is 98.6 Å². The predicted octanol–water partition coefficient (Wildman–Crippen LogP) is 2.15. The Balaban J connectivity index is 1.37. The van der Waals surface area contributed by atoms with Gasteiger partial charge in [0.1, 0.15) is 6.04 Å². The lowest BCUT2D eigenvalue weighted by Crippen LogP contribution is -2.61. The number of amides is 2. The first-order valence-electron chi connectivity index (χ1n) is 10.9. The number of benzene rings is 1. The summed E-state index contributed by atoms with van der Waals surface area (Å²) in [4.78, 5) is 33.9. The maximum Gasteiger partial charge on any atom is 0.252 e. The number of carbonyl (C=O) groups excluding carboxylic acids is 2. The minimum atomic E-state index is -0.430. The molecule has 1 saturated carbocycles. The van der Waals surface area contributed by atoms with Crippen molar-refractivity contribution in [3.63, 3.8) is 0 Å². The van der Waals surface area contributed by atoms with E-state index in [9.17, 15) is 14.9 Å². The summed E-state index contributed by atoms with van der Waals surface area (Å²) in [6, 6.07) is 9.46. The number of ether oxygens (including phenoxy) is 1. The fourth-order valence-corrected chi connectivity index (χ4v) is 5.89. The standard InChI is InChI=1S/C23H25N5O3S/c24-11-17-13-32-15-27(17)21(29)12-26-22(30)18-4-7-25-20-3-2-16(10-19(18)20)28-8-9-31-14-23(28)5-1-6-23/h2-4,7,10,17H,1,5-6,8-9,12-15H2,(H,26,30). The van der Waals surface area contributed by atoms with Crippen molar-refractivity contribution in [3.05, 3.63) is 36.0 Å². The van der Waals surface area contributed by atoms with Crippen LogP contribution in [0.15, 0.2) is 30.5 Å². The summed E-state index contributed by atoms with van der Waals surface area (Å²) in [6.45, 7) is 2.14. The molecule has 8 nitrogen and oxygen atoms in total. The summed E-state index contributed by atoms with van der Waals surface area (Å²) in [5, 5.41) is 12.7. The number of rotatable bonds is 4. The van der Waals surface area contributed by atoms with Gasteiger partial charge in [-0.15, -0.1) is 11.8 Å². The lowest BCUT2D eigenvalue weighted by Gasteiger charge is -2.54. The van der Waals surface area contributed by atoms with Crippen LogP contribution in [0.5, 0.6) is 0 Å². The molecule has 0 radical (unpaired) electrons. The molecule has 2 amide bonds. The number of thioether (sulfide) groups is 1. The van der Waals surface area contributed by atoms with E-state index in [4.69, 9.17) is 4.74 Å². The van der Waals surface area contributed by atoms with Gasteiger partial charge in [0.2, 0.25) is 5.91 Å². The van der Waals surface area contributed by atoms with Crippen LogP contribution in [0.1, 0.15) is 29.6 Å². The van der Waals surface area contributed by atoms with Crippen LogP contribution in [0.25, 0.3) is 10.9 Å². The van der Waals surface area contributed by atoms with Gasteiger partial charge >= 0.3 is 0 Å². The monoisotopic (exact) mass is 451 g/mol. The second kappa shape index (κ2) is 8.60. The average molecular weight is 452 g/mol. The van der Waals surface area contributed by atoms with Crippen LogP contribution in [0.3, 0.4) is 0 Å². The molecule has 1 unspecified atom stereocenters. The van der Waals surface area contributed by atoms with E-state index < -0.39 is 6.04 Å². The summed E-state index contributed by atoms with van der Waals surface area (Å²) >= 11 is 1.55. The maximum absolute atomic E-state index is 13.0. The third-order valence-corrected chi connectivity index (χ3v) is 7.73. The van der Waals surface area contributed by atoms with Crippen molar-refractivity contribution in [2.45, 2.75) is 30.8 Å². The Labute approximate surface area is 190 Å². The quantitative estimate of drug-likeness (QED) is 0.760. The molecule has 3 fully saturated rings. The lowest BCUT2D eigenvalue weighted by molar-refractivity contribution is -0.129. The Bertz CT molecular complexity index is 1100. The number of fused-ring (bicyclic) bond motifs is 1. The zero-order chi connectivity index (χ0) is 22.1. The zero-order valence-corrected chi connectivity index (χ0v) is 18.6. The van der Waals surface area contributed by atoms with Gasteiger partial charge in [0.05, 0.1) is 48.3 Å². The van der Waals surface area contributed by atoms with E-state index in [-0.39, 0.29) is 23.9 Å². The molecule has 5 rings (SSSR count). The largest absolute Gasteiger partial charge is 0.377 e. The van der Waals surface area contributed by atoms with Gasteiger partial charge in [0.25, 0.3) is 5.91 Å². The third kappa shape index (κ3) is 3.67. The van der Waals surface area contributed by atoms with Crippen LogP contribution in [-0.2, 0) is 9.53 Å². The molecule has 1 aliphatic carbocycles. The normalized spacial score (nSPS) is 21.9. The highest BCUT2D eigenvalue weighted by Gasteiger charge is 2.44. The van der Waals surface area contributed by atoms with E-state index in [1.165, 1.54) is 11.3 Å². The highest BCUT2D eigenvalue weighted by Crippen LogP contribution is 2.42. The Kier molecular flexibility index (Phi) is 5.66. The third-order valence-electron chi connectivity index (χ3n) is 6.72.